The topological polar surface area (TPSA) is 155 Å². The van der Waals surface area contributed by atoms with Crippen LogP contribution in [0.1, 0.15) is 11.3 Å². The lowest BCUT2D eigenvalue weighted by molar-refractivity contribution is -0.150. The standard InChI is InChI=1S/C27H21N3O8S2/c1-36-29-21(17-3-2-8-37-17)24(32)28-22-25(33)30-23(27(34)35)20(12-39-26(22)30)40-14-5-7-16-15-6-4-13(11-31)9-18(15)38-19(16)10-14/h2-10,22,26,31H,11-12H2,1H3,(H,28,32)(H,34,35)/t22-,26-/m1/s1. The van der Waals surface area contributed by atoms with E-state index >= 15 is 0 Å². The third kappa shape index (κ3) is 4.41. The molecular weight excluding hydrogens is 558 g/mol. The van der Waals surface area contributed by atoms with Crippen LogP contribution in [0.25, 0.3) is 21.9 Å². The van der Waals surface area contributed by atoms with Crippen LogP contribution in [0.2, 0.25) is 0 Å². The summed E-state index contributed by atoms with van der Waals surface area (Å²) in [4.78, 5) is 45.5. The number of benzene rings is 2. The Morgan fingerprint density at radius 2 is 1.98 bits per heavy atom. The summed E-state index contributed by atoms with van der Waals surface area (Å²) in [5.41, 5.74) is 1.76. The number of hydrogen-bond acceptors (Lipinski definition) is 10. The van der Waals surface area contributed by atoms with Gasteiger partial charge in [0.05, 0.1) is 12.9 Å². The molecule has 2 amide bonds. The molecule has 1 fully saturated rings. The van der Waals surface area contributed by atoms with Crippen LogP contribution in [0.4, 0.5) is 0 Å². The number of rotatable bonds is 8. The van der Waals surface area contributed by atoms with Gasteiger partial charge in [-0.15, -0.1) is 11.8 Å². The van der Waals surface area contributed by atoms with E-state index in [0.29, 0.717) is 21.8 Å². The van der Waals surface area contributed by atoms with Crippen molar-refractivity contribution >= 4 is 69.0 Å². The van der Waals surface area contributed by atoms with Crippen LogP contribution < -0.4 is 5.32 Å². The van der Waals surface area contributed by atoms with Gasteiger partial charge in [-0.2, -0.15) is 0 Å². The molecule has 0 saturated carbocycles. The molecule has 0 spiro atoms. The Balaban J connectivity index is 1.24. The van der Waals surface area contributed by atoms with Crippen molar-refractivity contribution in [2.45, 2.75) is 22.9 Å². The third-order valence-corrected chi connectivity index (χ3v) is 9.04. The summed E-state index contributed by atoms with van der Waals surface area (Å²) in [5.74, 6) is -1.96. The highest BCUT2D eigenvalue weighted by atomic mass is 32.2. The maximum Gasteiger partial charge on any atom is 0.353 e. The largest absolute Gasteiger partial charge is 0.477 e. The number of aliphatic hydroxyl groups excluding tert-OH is 1. The minimum absolute atomic E-state index is 0.0927. The van der Waals surface area contributed by atoms with Crippen molar-refractivity contribution in [3.05, 3.63) is 76.7 Å². The fourth-order valence-corrected chi connectivity index (χ4v) is 7.19. The molecule has 11 nitrogen and oxygen atoms in total. The quantitative estimate of drug-likeness (QED) is 0.160. The van der Waals surface area contributed by atoms with Crippen LogP contribution in [-0.2, 0) is 25.8 Å². The van der Waals surface area contributed by atoms with Crippen molar-refractivity contribution in [3.8, 4) is 0 Å². The van der Waals surface area contributed by atoms with E-state index < -0.39 is 29.2 Å². The van der Waals surface area contributed by atoms with Crippen LogP contribution >= 0.6 is 23.5 Å². The van der Waals surface area contributed by atoms with Gasteiger partial charge in [0.2, 0.25) is 5.71 Å². The number of β-lactam (4-membered cyclic amide) rings is 1. The van der Waals surface area contributed by atoms with Crippen molar-refractivity contribution in [1.29, 1.82) is 0 Å². The van der Waals surface area contributed by atoms with Gasteiger partial charge >= 0.3 is 5.97 Å². The van der Waals surface area contributed by atoms with E-state index in [2.05, 4.69) is 10.5 Å². The summed E-state index contributed by atoms with van der Waals surface area (Å²) >= 11 is 2.60. The number of thioether (sulfide) groups is 2. The summed E-state index contributed by atoms with van der Waals surface area (Å²) in [5, 5.41) is 27.0. The van der Waals surface area contributed by atoms with Gasteiger partial charge in [0.25, 0.3) is 11.8 Å². The minimum Gasteiger partial charge on any atom is -0.477 e. The number of aliphatic hydroxyl groups is 1. The van der Waals surface area contributed by atoms with Gasteiger partial charge in [-0.1, -0.05) is 29.1 Å². The average molecular weight is 580 g/mol. The lowest BCUT2D eigenvalue weighted by Gasteiger charge is -2.49. The molecule has 13 heteroatoms. The molecule has 1 saturated heterocycles. The summed E-state index contributed by atoms with van der Waals surface area (Å²) in [7, 11) is 1.28. The Hall–Kier alpha value is -4.20. The zero-order chi connectivity index (χ0) is 28.0. The van der Waals surface area contributed by atoms with Crippen molar-refractivity contribution < 1.29 is 38.3 Å². The van der Waals surface area contributed by atoms with Crippen LogP contribution in [-0.4, -0.2) is 62.9 Å². The van der Waals surface area contributed by atoms with Crippen molar-refractivity contribution in [3.63, 3.8) is 0 Å². The number of carboxylic acid groups (broad SMARTS) is 1. The SMILES string of the molecule is CON=C(C(=O)N[C@@H]1C(=O)N2C(C(=O)O)=C(Sc3ccc4c(c3)oc3cc(CO)ccc34)CS[C@H]12)c1ccco1. The van der Waals surface area contributed by atoms with E-state index in [-0.39, 0.29) is 23.8 Å². The minimum atomic E-state index is -1.23. The van der Waals surface area contributed by atoms with Gasteiger partial charge in [-0.3, -0.25) is 14.5 Å². The maximum absolute atomic E-state index is 13.1. The molecule has 0 radical (unpaired) electrons. The average Bonchev–Trinajstić information content (AvgIpc) is 3.61. The van der Waals surface area contributed by atoms with Gasteiger partial charge in [-0.25, -0.2) is 4.79 Å². The van der Waals surface area contributed by atoms with Crippen LogP contribution in [0.15, 0.2) is 84.3 Å². The monoisotopic (exact) mass is 579 g/mol. The van der Waals surface area contributed by atoms with Crippen LogP contribution in [0.3, 0.4) is 0 Å². The molecule has 0 aliphatic carbocycles. The first-order valence-electron chi connectivity index (χ1n) is 12.0. The summed E-state index contributed by atoms with van der Waals surface area (Å²) in [6, 6.07) is 13.3. The highest BCUT2D eigenvalue weighted by Gasteiger charge is 2.54. The number of nitrogens with zero attached hydrogens (tertiary/aromatic N) is 2. The number of aliphatic carboxylic acids is 1. The number of amides is 2. The van der Waals surface area contributed by atoms with Gasteiger partial charge in [0, 0.05) is 26.3 Å². The second-order valence-corrected chi connectivity index (χ2v) is 11.2. The molecular formula is C27H21N3O8S2. The van der Waals surface area contributed by atoms with E-state index in [1.165, 1.54) is 47.9 Å². The first kappa shape index (κ1) is 26.0. The Labute approximate surface area is 234 Å². The summed E-state index contributed by atoms with van der Waals surface area (Å²) < 4.78 is 11.2. The molecule has 0 unspecified atom stereocenters. The molecule has 4 heterocycles. The van der Waals surface area contributed by atoms with Crippen molar-refractivity contribution in [1.82, 2.24) is 10.2 Å². The Bertz CT molecular complexity index is 1730. The number of oxime groups is 1. The summed E-state index contributed by atoms with van der Waals surface area (Å²) in [6.07, 6.45) is 1.38. The molecule has 204 valence electrons. The van der Waals surface area contributed by atoms with Crippen molar-refractivity contribution in [2.24, 2.45) is 5.16 Å². The van der Waals surface area contributed by atoms with Gasteiger partial charge in [0.15, 0.2) is 5.76 Å². The van der Waals surface area contributed by atoms with E-state index in [1.54, 1.807) is 12.1 Å². The molecule has 2 atom stereocenters. The van der Waals surface area contributed by atoms with E-state index in [9.17, 15) is 24.6 Å². The van der Waals surface area contributed by atoms with Crippen molar-refractivity contribution in [2.75, 3.05) is 12.9 Å². The molecule has 2 aromatic carbocycles. The number of carbonyl (C=O) groups excluding carboxylic acids is 2. The van der Waals surface area contributed by atoms with Gasteiger partial charge in [-0.05, 0) is 42.0 Å². The number of hydrogen-bond donors (Lipinski definition) is 3. The second kappa shape index (κ2) is 10.4. The first-order chi connectivity index (χ1) is 19.4. The van der Waals surface area contributed by atoms with Gasteiger partial charge in [0.1, 0.15) is 35.4 Å². The van der Waals surface area contributed by atoms with E-state index in [1.807, 2.05) is 30.3 Å². The van der Waals surface area contributed by atoms with E-state index in [4.69, 9.17) is 13.7 Å². The number of carbonyl (C=O) groups is 3. The maximum atomic E-state index is 13.1. The fourth-order valence-electron chi connectivity index (χ4n) is 4.69. The predicted octanol–water partition coefficient (Wildman–Crippen LogP) is 3.51. The first-order valence-corrected chi connectivity index (χ1v) is 13.9. The smallest absolute Gasteiger partial charge is 0.353 e. The third-order valence-electron chi connectivity index (χ3n) is 6.51. The lowest BCUT2D eigenvalue weighted by Crippen LogP contribution is -2.71. The number of fused-ring (bicyclic) bond motifs is 4. The summed E-state index contributed by atoms with van der Waals surface area (Å²) in [6.45, 7) is -0.0927. The Morgan fingerprint density at radius 1 is 1.20 bits per heavy atom. The van der Waals surface area contributed by atoms with Crippen LogP contribution in [0, 0.1) is 0 Å². The Kier molecular flexibility index (Phi) is 6.78. The molecule has 2 aliphatic rings. The highest BCUT2D eigenvalue weighted by molar-refractivity contribution is 8.06. The number of furan rings is 2. The predicted molar refractivity (Wildman–Crippen MR) is 147 cm³/mol. The normalized spacial score (nSPS) is 19.1. The van der Waals surface area contributed by atoms with E-state index in [0.717, 1.165) is 21.2 Å². The lowest BCUT2D eigenvalue weighted by atomic mass is 10.0. The Morgan fingerprint density at radius 3 is 2.67 bits per heavy atom. The fraction of sp³-hybridized carbons (Fsp3) is 0.185. The zero-order valence-corrected chi connectivity index (χ0v) is 22.5. The molecule has 2 aliphatic heterocycles. The highest BCUT2D eigenvalue weighted by Crippen LogP contribution is 2.45. The molecule has 6 rings (SSSR count). The second-order valence-electron chi connectivity index (χ2n) is 8.89. The zero-order valence-electron chi connectivity index (χ0n) is 20.8. The van der Waals surface area contributed by atoms with Crippen LogP contribution in [0.5, 0.6) is 0 Å². The molecule has 40 heavy (non-hydrogen) atoms. The molecule has 4 aromatic rings. The number of nitrogens with one attached hydrogen (secondary N) is 1. The molecule has 3 N–H and O–H groups in total. The number of carboxylic acids is 1. The molecule has 0 bridgehead atoms. The molecule has 2 aromatic heterocycles. The van der Waals surface area contributed by atoms with Gasteiger partial charge < -0.3 is 29.2 Å².